The Labute approximate surface area is 173 Å². The summed E-state index contributed by atoms with van der Waals surface area (Å²) in [7, 11) is 2.06. The summed E-state index contributed by atoms with van der Waals surface area (Å²) in [5.41, 5.74) is 2.15. The summed E-state index contributed by atoms with van der Waals surface area (Å²) in [6.07, 6.45) is 0.895. The SMILES string of the molecule is CN(CCCNC(=O)CSc1nnc(Nc2ccccc2)s1)c1ccccc1. The highest BCUT2D eigenvalue weighted by atomic mass is 32.2. The Morgan fingerprint density at radius 1 is 1.07 bits per heavy atom. The second-order valence-electron chi connectivity index (χ2n) is 6.11. The number of benzene rings is 2. The summed E-state index contributed by atoms with van der Waals surface area (Å²) in [6.45, 7) is 1.55. The van der Waals surface area contributed by atoms with Gasteiger partial charge in [-0.3, -0.25) is 4.79 Å². The van der Waals surface area contributed by atoms with Crippen LogP contribution in [0.3, 0.4) is 0 Å². The van der Waals surface area contributed by atoms with Gasteiger partial charge in [-0.05, 0) is 30.7 Å². The fraction of sp³-hybridized carbons (Fsp3) is 0.250. The molecule has 0 bridgehead atoms. The monoisotopic (exact) mass is 413 g/mol. The molecule has 2 aromatic carbocycles. The normalized spacial score (nSPS) is 10.5. The Balaban J connectivity index is 1.32. The number of para-hydroxylation sites is 2. The molecule has 3 rings (SSSR count). The second-order valence-corrected chi connectivity index (χ2v) is 8.31. The van der Waals surface area contributed by atoms with E-state index in [4.69, 9.17) is 0 Å². The zero-order valence-corrected chi connectivity index (χ0v) is 17.3. The molecule has 1 aromatic heterocycles. The van der Waals surface area contributed by atoms with E-state index < -0.39 is 0 Å². The van der Waals surface area contributed by atoms with Gasteiger partial charge in [0.05, 0.1) is 5.75 Å². The van der Waals surface area contributed by atoms with Gasteiger partial charge >= 0.3 is 0 Å². The van der Waals surface area contributed by atoms with E-state index in [1.54, 1.807) is 0 Å². The number of aromatic nitrogens is 2. The third-order valence-electron chi connectivity index (χ3n) is 3.95. The van der Waals surface area contributed by atoms with Gasteiger partial charge in [-0.15, -0.1) is 10.2 Å². The molecule has 2 N–H and O–H groups in total. The number of carbonyl (C=O) groups excluding carboxylic acids is 1. The smallest absolute Gasteiger partial charge is 0.230 e. The molecule has 3 aromatic rings. The van der Waals surface area contributed by atoms with Gasteiger partial charge in [-0.25, -0.2) is 0 Å². The molecular formula is C20H23N5OS2. The van der Waals surface area contributed by atoms with Gasteiger partial charge in [-0.2, -0.15) is 0 Å². The van der Waals surface area contributed by atoms with Crippen LogP contribution in [0.25, 0.3) is 0 Å². The second kappa shape index (κ2) is 10.7. The van der Waals surface area contributed by atoms with Crippen LogP contribution in [-0.4, -0.2) is 42.0 Å². The molecule has 1 amide bonds. The summed E-state index contributed by atoms with van der Waals surface area (Å²) in [6, 6.07) is 20.0. The van der Waals surface area contributed by atoms with Crippen LogP contribution in [0, 0.1) is 0 Å². The lowest BCUT2D eigenvalue weighted by molar-refractivity contribution is -0.118. The van der Waals surface area contributed by atoms with E-state index in [2.05, 4.69) is 44.9 Å². The number of nitrogens with one attached hydrogen (secondary N) is 2. The van der Waals surface area contributed by atoms with Crippen LogP contribution in [0.5, 0.6) is 0 Å². The van der Waals surface area contributed by atoms with Gasteiger partial charge in [0, 0.05) is 31.5 Å². The lowest BCUT2D eigenvalue weighted by Gasteiger charge is -2.19. The van der Waals surface area contributed by atoms with Crippen LogP contribution in [-0.2, 0) is 4.79 Å². The molecule has 0 spiro atoms. The maximum Gasteiger partial charge on any atom is 0.230 e. The molecule has 0 aliphatic carbocycles. The average molecular weight is 414 g/mol. The third-order valence-corrected chi connectivity index (χ3v) is 5.92. The van der Waals surface area contributed by atoms with Crippen LogP contribution < -0.4 is 15.5 Å². The number of rotatable bonds is 10. The Kier molecular flexibility index (Phi) is 7.69. The Morgan fingerprint density at radius 2 is 1.79 bits per heavy atom. The van der Waals surface area contributed by atoms with Crippen LogP contribution in [0.1, 0.15) is 6.42 Å². The highest BCUT2D eigenvalue weighted by Crippen LogP contribution is 2.27. The molecule has 0 saturated heterocycles. The zero-order chi connectivity index (χ0) is 19.6. The maximum atomic E-state index is 12.0. The zero-order valence-electron chi connectivity index (χ0n) is 15.7. The molecule has 0 saturated carbocycles. The number of nitrogens with zero attached hydrogens (tertiary/aromatic N) is 3. The van der Waals surface area contributed by atoms with Gasteiger partial charge in [-0.1, -0.05) is 59.5 Å². The van der Waals surface area contributed by atoms with E-state index in [0.29, 0.717) is 12.3 Å². The summed E-state index contributed by atoms with van der Waals surface area (Å²) in [5, 5.41) is 15.1. The van der Waals surface area contributed by atoms with E-state index in [0.717, 1.165) is 28.1 Å². The molecule has 0 unspecified atom stereocenters. The predicted octanol–water partition coefficient (Wildman–Crippen LogP) is 4.02. The fourth-order valence-corrected chi connectivity index (χ4v) is 4.10. The number of carbonyl (C=O) groups is 1. The van der Waals surface area contributed by atoms with Gasteiger partial charge in [0.15, 0.2) is 4.34 Å². The molecular weight excluding hydrogens is 390 g/mol. The first-order chi connectivity index (χ1) is 13.7. The van der Waals surface area contributed by atoms with Crippen molar-refractivity contribution >= 4 is 45.5 Å². The first-order valence-corrected chi connectivity index (χ1v) is 10.8. The summed E-state index contributed by atoms with van der Waals surface area (Å²) in [5.74, 6) is 0.356. The van der Waals surface area contributed by atoms with Crippen molar-refractivity contribution < 1.29 is 4.79 Å². The van der Waals surface area contributed by atoms with Crippen molar-refractivity contribution in [3.63, 3.8) is 0 Å². The maximum absolute atomic E-state index is 12.0. The van der Waals surface area contributed by atoms with Crippen molar-refractivity contribution in [1.82, 2.24) is 15.5 Å². The van der Waals surface area contributed by atoms with Crippen molar-refractivity contribution in [3.8, 4) is 0 Å². The van der Waals surface area contributed by atoms with E-state index in [-0.39, 0.29) is 5.91 Å². The number of anilines is 3. The molecule has 0 fully saturated rings. The number of hydrogen-bond acceptors (Lipinski definition) is 7. The van der Waals surface area contributed by atoms with Crippen molar-refractivity contribution in [1.29, 1.82) is 0 Å². The minimum Gasteiger partial charge on any atom is -0.375 e. The highest BCUT2D eigenvalue weighted by molar-refractivity contribution is 8.01. The lowest BCUT2D eigenvalue weighted by Crippen LogP contribution is -2.29. The van der Waals surface area contributed by atoms with Crippen LogP contribution in [0.15, 0.2) is 65.0 Å². The minimum atomic E-state index is 0.0140. The van der Waals surface area contributed by atoms with Crippen molar-refractivity contribution in [2.75, 3.05) is 36.1 Å². The molecule has 6 nitrogen and oxygen atoms in total. The Morgan fingerprint density at radius 3 is 2.54 bits per heavy atom. The van der Waals surface area contributed by atoms with E-state index in [1.807, 2.05) is 48.5 Å². The topological polar surface area (TPSA) is 70.2 Å². The Hall–Kier alpha value is -2.58. The Bertz CT molecular complexity index is 857. The molecule has 0 aliphatic heterocycles. The van der Waals surface area contributed by atoms with Crippen LogP contribution in [0.2, 0.25) is 0 Å². The van der Waals surface area contributed by atoms with Crippen LogP contribution >= 0.6 is 23.1 Å². The van der Waals surface area contributed by atoms with E-state index in [9.17, 15) is 4.79 Å². The molecule has 0 aliphatic rings. The standard InChI is InChI=1S/C20H23N5OS2/c1-25(17-11-6-3-7-12-17)14-8-13-21-18(26)15-27-20-24-23-19(28-20)22-16-9-4-2-5-10-16/h2-7,9-12H,8,13-15H2,1H3,(H,21,26)(H,22,23). The quantitative estimate of drug-likeness (QED) is 0.386. The van der Waals surface area contributed by atoms with Crippen molar-refractivity contribution in [3.05, 3.63) is 60.7 Å². The average Bonchev–Trinajstić information content (AvgIpc) is 3.18. The third kappa shape index (κ3) is 6.54. The molecule has 8 heteroatoms. The summed E-state index contributed by atoms with van der Waals surface area (Å²) >= 11 is 2.85. The molecule has 0 radical (unpaired) electrons. The van der Waals surface area contributed by atoms with E-state index >= 15 is 0 Å². The molecule has 28 heavy (non-hydrogen) atoms. The lowest BCUT2D eigenvalue weighted by atomic mass is 10.3. The first-order valence-electron chi connectivity index (χ1n) is 9.02. The van der Waals surface area contributed by atoms with E-state index in [1.165, 1.54) is 28.8 Å². The van der Waals surface area contributed by atoms with Crippen LogP contribution in [0.4, 0.5) is 16.5 Å². The largest absolute Gasteiger partial charge is 0.375 e. The number of amides is 1. The fourth-order valence-electron chi connectivity index (χ4n) is 2.50. The summed E-state index contributed by atoms with van der Waals surface area (Å²) < 4.78 is 0.775. The summed E-state index contributed by atoms with van der Waals surface area (Å²) in [4.78, 5) is 14.2. The van der Waals surface area contributed by atoms with Crippen molar-refractivity contribution in [2.24, 2.45) is 0 Å². The van der Waals surface area contributed by atoms with Gasteiger partial charge in [0.25, 0.3) is 0 Å². The molecule has 0 atom stereocenters. The van der Waals surface area contributed by atoms with Gasteiger partial charge in [0.2, 0.25) is 11.0 Å². The predicted molar refractivity (Wildman–Crippen MR) is 118 cm³/mol. The molecule has 146 valence electrons. The first kappa shape index (κ1) is 20.2. The van der Waals surface area contributed by atoms with Crippen molar-refractivity contribution in [2.45, 2.75) is 10.8 Å². The van der Waals surface area contributed by atoms with Gasteiger partial charge < -0.3 is 15.5 Å². The minimum absolute atomic E-state index is 0.0140. The highest BCUT2D eigenvalue weighted by Gasteiger charge is 2.08. The van der Waals surface area contributed by atoms with Gasteiger partial charge in [0.1, 0.15) is 0 Å². The molecule has 1 heterocycles. The number of hydrogen-bond donors (Lipinski definition) is 2. The number of thioether (sulfide) groups is 1.